The first-order valence-corrected chi connectivity index (χ1v) is 13.0. The highest BCUT2D eigenvalue weighted by Crippen LogP contribution is 2.35. The largest absolute Gasteiger partial charge is 0.383 e. The van der Waals surface area contributed by atoms with Gasteiger partial charge >= 0.3 is 0 Å². The fourth-order valence-electron chi connectivity index (χ4n) is 5.51. The van der Waals surface area contributed by atoms with Crippen molar-refractivity contribution >= 4 is 29.3 Å². The highest BCUT2D eigenvalue weighted by Gasteiger charge is 2.49. The number of ether oxygens (including phenoxy) is 1. The minimum absolute atomic E-state index is 0.127. The molecule has 0 saturated heterocycles. The summed E-state index contributed by atoms with van der Waals surface area (Å²) in [6.45, 7) is 1.82. The smallest absolute Gasteiger partial charge is 0.262 e. The number of benzene rings is 3. The number of carbonyl (C=O) groups excluding carboxylic acids is 4. The van der Waals surface area contributed by atoms with E-state index in [0.29, 0.717) is 24.9 Å². The van der Waals surface area contributed by atoms with Gasteiger partial charge in [0.15, 0.2) is 0 Å². The maximum Gasteiger partial charge on any atom is 0.262 e. The number of carbonyl (C=O) groups is 4. The average Bonchev–Trinajstić information content (AvgIpc) is 3.19. The summed E-state index contributed by atoms with van der Waals surface area (Å²) in [5, 5.41) is 3.03. The zero-order valence-corrected chi connectivity index (χ0v) is 22.1. The van der Waals surface area contributed by atoms with Gasteiger partial charge in [-0.15, -0.1) is 0 Å². The van der Waals surface area contributed by atoms with E-state index in [0.717, 1.165) is 21.6 Å². The summed E-state index contributed by atoms with van der Waals surface area (Å²) in [6, 6.07) is 21.9. The average molecular weight is 526 g/mol. The van der Waals surface area contributed by atoms with Gasteiger partial charge in [-0.25, -0.2) is 0 Å². The van der Waals surface area contributed by atoms with Gasteiger partial charge in [0.2, 0.25) is 5.91 Å². The van der Waals surface area contributed by atoms with Crippen molar-refractivity contribution in [3.8, 4) is 0 Å². The molecule has 5 rings (SSSR count). The summed E-state index contributed by atoms with van der Waals surface area (Å²) in [5.74, 6) is -1.82. The third-order valence-electron chi connectivity index (χ3n) is 7.65. The maximum atomic E-state index is 14.1. The van der Waals surface area contributed by atoms with Crippen LogP contribution >= 0.6 is 0 Å². The van der Waals surface area contributed by atoms with Crippen molar-refractivity contribution in [2.75, 3.05) is 32.1 Å². The zero-order valence-electron chi connectivity index (χ0n) is 22.1. The molecule has 1 heterocycles. The van der Waals surface area contributed by atoms with E-state index in [2.05, 4.69) is 5.32 Å². The summed E-state index contributed by atoms with van der Waals surface area (Å²) < 4.78 is 5.33. The summed E-state index contributed by atoms with van der Waals surface area (Å²) in [6.07, 6.45) is 1.29. The molecule has 0 radical (unpaired) electrons. The van der Waals surface area contributed by atoms with E-state index in [1.807, 2.05) is 55.5 Å². The van der Waals surface area contributed by atoms with Crippen molar-refractivity contribution in [2.24, 2.45) is 0 Å². The summed E-state index contributed by atoms with van der Waals surface area (Å²) in [5.41, 5.74) is 3.12. The number of rotatable bonds is 8. The number of hydrogen-bond acceptors (Lipinski definition) is 5. The molecule has 0 spiro atoms. The normalized spacial score (nSPS) is 17.9. The van der Waals surface area contributed by atoms with Gasteiger partial charge in [0.25, 0.3) is 17.7 Å². The minimum atomic E-state index is -1.24. The van der Waals surface area contributed by atoms with Crippen LogP contribution in [0.25, 0.3) is 0 Å². The van der Waals surface area contributed by atoms with Crippen molar-refractivity contribution in [1.82, 2.24) is 9.80 Å². The van der Waals surface area contributed by atoms with Crippen LogP contribution in [-0.4, -0.2) is 65.8 Å². The van der Waals surface area contributed by atoms with Crippen LogP contribution in [0.5, 0.6) is 0 Å². The van der Waals surface area contributed by atoms with Gasteiger partial charge < -0.3 is 15.0 Å². The maximum absolute atomic E-state index is 14.1. The van der Waals surface area contributed by atoms with Gasteiger partial charge in [-0.05, 0) is 55.2 Å². The molecule has 0 saturated carbocycles. The van der Waals surface area contributed by atoms with Crippen molar-refractivity contribution in [1.29, 1.82) is 0 Å². The number of imide groups is 1. The quantitative estimate of drug-likeness (QED) is 0.453. The third-order valence-corrected chi connectivity index (χ3v) is 7.65. The molecule has 3 aromatic rings. The molecule has 0 fully saturated rings. The van der Waals surface area contributed by atoms with Crippen LogP contribution in [0.1, 0.15) is 43.8 Å². The number of amides is 4. The standard InChI is InChI=1S/C31H31N3O5/c1-21-11-13-24(14-12-21)32-30(38)31(16-15-22-7-3-4-8-23(22)19-31)34(17-18-39-2)27(35)20-33-28(36)25-9-5-6-10-26(25)29(33)37/h3-14H,15-20H2,1-2H3,(H,32,38). The lowest BCUT2D eigenvalue weighted by Gasteiger charge is -2.45. The second kappa shape index (κ2) is 10.8. The van der Waals surface area contributed by atoms with E-state index < -0.39 is 29.8 Å². The van der Waals surface area contributed by atoms with Gasteiger partial charge in [-0.1, -0.05) is 54.1 Å². The number of nitrogens with zero attached hydrogens (tertiary/aromatic N) is 2. The van der Waals surface area contributed by atoms with Crippen molar-refractivity contribution in [3.63, 3.8) is 0 Å². The summed E-state index contributed by atoms with van der Waals surface area (Å²) >= 11 is 0. The van der Waals surface area contributed by atoms with Gasteiger partial charge in [-0.3, -0.25) is 24.1 Å². The van der Waals surface area contributed by atoms with E-state index in [9.17, 15) is 19.2 Å². The van der Waals surface area contributed by atoms with E-state index in [1.165, 1.54) is 12.0 Å². The fourth-order valence-corrected chi connectivity index (χ4v) is 5.51. The lowest BCUT2D eigenvalue weighted by molar-refractivity contribution is -0.147. The Hall–Kier alpha value is -4.30. The molecule has 4 amide bonds. The molecule has 1 aliphatic carbocycles. The summed E-state index contributed by atoms with van der Waals surface area (Å²) in [4.78, 5) is 56.7. The van der Waals surface area contributed by atoms with E-state index in [-0.39, 0.29) is 30.2 Å². The number of hydrogen-bond donors (Lipinski definition) is 1. The van der Waals surface area contributed by atoms with Crippen LogP contribution in [0, 0.1) is 6.92 Å². The Morgan fingerprint density at radius 3 is 2.18 bits per heavy atom. The Kier molecular flexibility index (Phi) is 7.30. The Bertz CT molecular complexity index is 1400. The summed E-state index contributed by atoms with van der Waals surface area (Å²) in [7, 11) is 1.53. The Labute approximate surface area is 227 Å². The fraction of sp³-hybridized carbons (Fsp3) is 0.290. The van der Waals surface area contributed by atoms with E-state index >= 15 is 0 Å². The Morgan fingerprint density at radius 1 is 0.923 bits per heavy atom. The Morgan fingerprint density at radius 2 is 1.54 bits per heavy atom. The predicted octanol–water partition coefficient (Wildman–Crippen LogP) is 3.63. The molecule has 0 bridgehead atoms. The molecule has 8 nitrogen and oxygen atoms in total. The highest BCUT2D eigenvalue weighted by molar-refractivity contribution is 6.22. The molecular formula is C31H31N3O5. The first kappa shape index (κ1) is 26.3. The van der Waals surface area contributed by atoms with Gasteiger partial charge in [0, 0.05) is 25.8 Å². The Balaban J connectivity index is 1.50. The zero-order chi connectivity index (χ0) is 27.6. The van der Waals surface area contributed by atoms with Crippen molar-refractivity contribution < 1.29 is 23.9 Å². The topological polar surface area (TPSA) is 96.0 Å². The van der Waals surface area contributed by atoms with Crippen molar-refractivity contribution in [3.05, 3.63) is 101 Å². The monoisotopic (exact) mass is 525 g/mol. The molecule has 8 heteroatoms. The second-order valence-electron chi connectivity index (χ2n) is 10.1. The van der Waals surface area contributed by atoms with E-state index in [1.54, 1.807) is 24.3 Å². The van der Waals surface area contributed by atoms with Crippen LogP contribution in [-0.2, 0) is 27.2 Å². The molecule has 200 valence electrons. The molecule has 39 heavy (non-hydrogen) atoms. The minimum Gasteiger partial charge on any atom is -0.383 e. The van der Waals surface area contributed by atoms with Gasteiger partial charge in [0.1, 0.15) is 12.1 Å². The second-order valence-corrected chi connectivity index (χ2v) is 10.1. The lowest BCUT2D eigenvalue weighted by atomic mass is 9.75. The first-order chi connectivity index (χ1) is 18.8. The lowest BCUT2D eigenvalue weighted by Crippen LogP contribution is -2.64. The molecule has 0 aromatic heterocycles. The van der Waals surface area contributed by atoms with Crippen LogP contribution < -0.4 is 5.32 Å². The third kappa shape index (κ3) is 4.95. The number of methoxy groups -OCH3 is 1. The van der Waals surface area contributed by atoms with Crippen LogP contribution in [0.3, 0.4) is 0 Å². The molecule has 1 atom stereocenters. The number of aryl methyl sites for hydroxylation is 2. The van der Waals surface area contributed by atoms with Crippen LogP contribution in [0.2, 0.25) is 0 Å². The van der Waals surface area contributed by atoms with Gasteiger partial charge in [0.05, 0.1) is 17.7 Å². The SMILES string of the molecule is COCCN(C(=O)CN1C(=O)c2ccccc2C1=O)C1(C(=O)Nc2ccc(C)cc2)CCc2ccccc2C1. The van der Waals surface area contributed by atoms with Crippen LogP contribution in [0.15, 0.2) is 72.8 Å². The molecule has 2 aliphatic rings. The van der Waals surface area contributed by atoms with E-state index in [4.69, 9.17) is 4.74 Å². The van der Waals surface area contributed by atoms with Crippen molar-refractivity contribution in [2.45, 2.75) is 31.7 Å². The first-order valence-electron chi connectivity index (χ1n) is 13.0. The van der Waals surface area contributed by atoms with Crippen LogP contribution in [0.4, 0.5) is 5.69 Å². The molecule has 1 unspecified atom stereocenters. The highest BCUT2D eigenvalue weighted by atomic mass is 16.5. The number of nitrogens with one attached hydrogen (secondary N) is 1. The number of fused-ring (bicyclic) bond motifs is 2. The number of anilines is 1. The molecule has 3 aromatic carbocycles. The molecule has 1 aliphatic heterocycles. The molecule has 1 N–H and O–H groups in total. The van der Waals surface area contributed by atoms with Gasteiger partial charge in [-0.2, -0.15) is 0 Å². The predicted molar refractivity (Wildman–Crippen MR) is 146 cm³/mol. The molecular weight excluding hydrogens is 494 g/mol.